The number of Topliss-reactive ketones (excluding diaryl/α,β-unsaturated/α-hetero) is 1. The molecular formula is C20H20BrNO2. The molecule has 0 spiro atoms. The zero-order chi connectivity index (χ0) is 16.9. The second-order valence-corrected chi connectivity index (χ2v) is 7.09. The molecule has 0 bridgehead atoms. The van der Waals surface area contributed by atoms with Crippen molar-refractivity contribution in [2.24, 2.45) is 0 Å². The number of amides is 1. The molecule has 2 aromatic carbocycles. The summed E-state index contributed by atoms with van der Waals surface area (Å²) in [6, 6.07) is 17.5. The highest BCUT2D eigenvalue weighted by molar-refractivity contribution is 9.10. The van der Waals surface area contributed by atoms with Crippen molar-refractivity contribution in [3.8, 4) is 0 Å². The lowest BCUT2D eigenvalue weighted by Crippen LogP contribution is -2.32. The lowest BCUT2D eigenvalue weighted by Gasteiger charge is -2.22. The largest absolute Gasteiger partial charge is 0.335 e. The maximum Gasteiger partial charge on any atom is 0.223 e. The van der Waals surface area contributed by atoms with Crippen LogP contribution in [0.4, 0.5) is 0 Å². The molecule has 0 N–H and O–H groups in total. The van der Waals surface area contributed by atoms with Crippen molar-refractivity contribution in [1.82, 2.24) is 4.90 Å². The van der Waals surface area contributed by atoms with Crippen LogP contribution in [0.1, 0.15) is 41.6 Å². The van der Waals surface area contributed by atoms with Crippen molar-refractivity contribution in [3.05, 3.63) is 70.2 Å². The Morgan fingerprint density at radius 2 is 1.75 bits per heavy atom. The van der Waals surface area contributed by atoms with Crippen LogP contribution in [0.15, 0.2) is 59.1 Å². The third-order valence-electron chi connectivity index (χ3n) is 4.21. The van der Waals surface area contributed by atoms with E-state index in [0.29, 0.717) is 18.2 Å². The van der Waals surface area contributed by atoms with Crippen molar-refractivity contribution < 1.29 is 9.59 Å². The van der Waals surface area contributed by atoms with Gasteiger partial charge >= 0.3 is 0 Å². The van der Waals surface area contributed by atoms with Gasteiger partial charge in [-0.3, -0.25) is 9.59 Å². The van der Waals surface area contributed by atoms with Gasteiger partial charge in [-0.2, -0.15) is 0 Å². The minimum atomic E-state index is 0.0298. The molecule has 0 unspecified atom stereocenters. The number of nitrogens with zero attached hydrogens (tertiary/aromatic N) is 1. The Balaban J connectivity index is 1.60. The van der Waals surface area contributed by atoms with Crippen LogP contribution in [-0.4, -0.2) is 22.6 Å². The topological polar surface area (TPSA) is 37.4 Å². The van der Waals surface area contributed by atoms with Gasteiger partial charge in [0, 0.05) is 35.5 Å². The standard InChI is InChI=1S/C20H20BrNO2/c21-17-8-4-5-15(13-17)14-22(18-9-10-18)20(24)12-11-19(23)16-6-2-1-3-7-16/h1-8,13,18H,9-12,14H2. The van der Waals surface area contributed by atoms with E-state index in [2.05, 4.69) is 15.9 Å². The highest BCUT2D eigenvalue weighted by atomic mass is 79.9. The number of carbonyl (C=O) groups excluding carboxylic acids is 2. The molecule has 124 valence electrons. The fourth-order valence-corrected chi connectivity index (χ4v) is 3.22. The second kappa shape index (κ2) is 7.75. The van der Waals surface area contributed by atoms with E-state index in [9.17, 15) is 9.59 Å². The number of carbonyl (C=O) groups is 2. The molecule has 1 fully saturated rings. The normalized spacial score (nSPS) is 13.5. The predicted molar refractivity (Wildman–Crippen MR) is 97.7 cm³/mol. The van der Waals surface area contributed by atoms with Gasteiger partial charge in [-0.25, -0.2) is 0 Å². The molecule has 0 heterocycles. The first-order chi connectivity index (χ1) is 11.6. The van der Waals surface area contributed by atoms with Gasteiger partial charge in [0.05, 0.1) is 0 Å². The first-order valence-corrected chi connectivity index (χ1v) is 9.05. The monoisotopic (exact) mass is 385 g/mol. The Bertz CT molecular complexity index is 725. The van der Waals surface area contributed by atoms with Gasteiger partial charge in [0.25, 0.3) is 0 Å². The van der Waals surface area contributed by atoms with Gasteiger partial charge in [0.15, 0.2) is 5.78 Å². The van der Waals surface area contributed by atoms with Crippen molar-refractivity contribution in [2.75, 3.05) is 0 Å². The van der Waals surface area contributed by atoms with Crippen LogP contribution in [0.2, 0.25) is 0 Å². The lowest BCUT2D eigenvalue weighted by molar-refractivity contribution is -0.132. The minimum Gasteiger partial charge on any atom is -0.335 e. The van der Waals surface area contributed by atoms with Gasteiger partial charge in [0.2, 0.25) is 5.91 Å². The Morgan fingerprint density at radius 1 is 1.00 bits per heavy atom. The second-order valence-electron chi connectivity index (χ2n) is 6.17. The summed E-state index contributed by atoms with van der Waals surface area (Å²) in [6.45, 7) is 0.614. The summed E-state index contributed by atoms with van der Waals surface area (Å²) < 4.78 is 1.02. The van der Waals surface area contributed by atoms with Crippen LogP contribution < -0.4 is 0 Å². The summed E-state index contributed by atoms with van der Waals surface area (Å²) in [5.41, 5.74) is 1.79. The van der Waals surface area contributed by atoms with Crippen molar-refractivity contribution >= 4 is 27.6 Å². The first-order valence-electron chi connectivity index (χ1n) is 8.25. The van der Waals surface area contributed by atoms with E-state index < -0.39 is 0 Å². The third kappa shape index (κ3) is 4.54. The minimum absolute atomic E-state index is 0.0298. The van der Waals surface area contributed by atoms with Crippen LogP contribution in [0.5, 0.6) is 0 Å². The Labute approximate surface area is 150 Å². The molecule has 3 rings (SSSR count). The zero-order valence-corrected chi connectivity index (χ0v) is 15.0. The Hall–Kier alpha value is -1.94. The number of ketones is 1. The summed E-state index contributed by atoms with van der Waals surface area (Å²) in [5.74, 6) is 0.101. The molecule has 1 amide bonds. The smallest absolute Gasteiger partial charge is 0.223 e. The molecule has 0 aromatic heterocycles. The van der Waals surface area contributed by atoms with Crippen LogP contribution >= 0.6 is 15.9 Å². The van der Waals surface area contributed by atoms with E-state index in [1.807, 2.05) is 47.4 Å². The van der Waals surface area contributed by atoms with Crippen molar-refractivity contribution in [1.29, 1.82) is 0 Å². The van der Waals surface area contributed by atoms with Crippen molar-refractivity contribution in [2.45, 2.75) is 38.3 Å². The highest BCUT2D eigenvalue weighted by Crippen LogP contribution is 2.29. The average Bonchev–Trinajstić information content (AvgIpc) is 3.43. The molecule has 0 radical (unpaired) electrons. The summed E-state index contributed by atoms with van der Waals surface area (Å²) in [4.78, 5) is 26.7. The van der Waals surface area contributed by atoms with Gasteiger partial charge in [0.1, 0.15) is 0 Å². The van der Waals surface area contributed by atoms with Gasteiger partial charge in [-0.1, -0.05) is 58.4 Å². The summed E-state index contributed by atoms with van der Waals surface area (Å²) in [6.07, 6.45) is 2.67. The molecule has 4 heteroatoms. The lowest BCUT2D eigenvalue weighted by atomic mass is 10.1. The molecule has 3 nitrogen and oxygen atoms in total. The number of halogens is 1. The fraction of sp³-hybridized carbons (Fsp3) is 0.300. The first kappa shape index (κ1) is 16.9. The Kier molecular flexibility index (Phi) is 5.46. The molecule has 1 aliphatic rings. The number of benzene rings is 2. The SMILES string of the molecule is O=C(CCC(=O)N(Cc1cccc(Br)c1)C1CC1)c1ccccc1. The highest BCUT2D eigenvalue weighted by Gasteiger charge is 2.32. The van der Waals surface area contributed by atoms with Gasteiger partial charge < -0.3 is 4.90 Å². The summed E-state index contributed by atoms with van der Waals surface area (Å²) in [5, 5.41) is 0. The molecular weight excluding hydrogens is 366 g/mol. The third-order valence-corrected chi connectivity index (χ3v) is 4.70. The van der Waals surface area contributed by atoms with Crippen LogP contribution in [0.3, 0.4) is 0 Å². The van der Waals surface area contributed by atoms with E-state index in [1.165, 1.54) is 0 Å². The fourth-order valence-electron chi connectivity index (χ4n) is 2.77. The van der Waals surface area contributed by atoms with E-state index in [4.69, 9.17) is 0 Å². The van der Waals surface area contributed by atoms with Crippen LogP contribution in [-0.2, 0) is 11.3 Å². The summed E-state index contributed by atoms with van der Waals surface area (Å²) >= 11 is 3.47. The maximum atomic E-state index is 12.6. The molecule has 2 aromatic rings. The number of hydrogen-bond donors (Lipinski definition) is 0. The van der Waals surface area contributed by atoms with Crippen molar-refractivity contribution in [3.63, 3.8) is 0 Å². The van der Waals surface area contributed by atoms with Crippen LogP contribution in [0.25, 0.3) is 0 Å². The van der Waals surface area contributed by atoms with E-state index in [1.54, 1.807) is 12.1 Å². The summed E-state index contributed by atoms with van der Waals surface area (Å²) in [7, 11) is 0. The Morgan fingerprint density at radius 3 is 2.42 bits per heavy atom. The molecule has 1 aliphatic carbocycles. The van der Waals surface area contributed by atoms with E-state index >= 15 is 0 Å². The van der Waals surface area contributed by atoms with Gasteiger partial charge in [-0.15, -0.1) is 0 Å². The zero-order valence-electron chi connectivity index (χ0n) is 13.5. The van der Waals surface area contributed by atoms with E-state index in [-0.39, 0.29) is 24.5 Å². The van der Waals surface area contributed by atoms with Gasteiger partial charge in [-0.05, 0) is 30.5 Å². The average molecular weight is 386 g/mol. The molecule has 0 aliphatic heterocycles. The maximum absolute atomic E-state index is 12.6. The van der Waals surface area contributed by atoms with Crippen LogP contribution in [0, 0.1) is 0 Å². The van der Waals surface area contributed by atoms with E-state index in [0.717, 1.165) is 22.9 Å². The molecule has 1 saturated carbocycles. The predicted octanol–water partition coefficient (Wildman–Crippen LogP) is 4.60. The molecule has 0 saturated heterocycles. The quantitative estimate of drug-likeness (QED) is 0.652. The number of hydrogen-bond acceptors (Lipinski definition) is 2. The molecule has 24 heavy (non-hydrogen) atoms. The molecule has 0 atom stereocenters. The number of rotatable bonds is 7.